The van der Waals surface area contributed by atoms with Crippen LogP contribution in [0.15, 0.2) is 158 Å². The summed E-state index contributed by atoms with van der Waals surface area (Å²) in [5, 5.41) is 2.47. The number of aromatic nitrogens is 1. The molecule has 0 bridgehead atoms. The smallest absolute Gasteiger partial charge is 0.0623 e. The molecule has 1 aliphatic rings. The van der Waals surface area contributed by atoms with Gasteiger partial charge in [-0.25, -0.2) is 0 Å². The van der Waals surface area contributed by atoms with Gasteiger partial charge in [0.15, 0.2) is 0 Å². The van der Waals surface area contributed by atoms with E-state index in [9.17, 15) is 0 Å². The molecule has 3 heteroatoms. The first kappa shape index (κ1) is 24.8. The van der Waals surface area contributed by atoms with Crippen molar-refractivity contribution >= 4 is 40.1 Å². The van der Waals surface area contributed by atoms with Crippen LogP contribution in [-0.2, 0) is 0 Å². The van der Waals surface area contributed by atoms with Gasteiger partial charge in [0.05, 0.1) is 22.8 Å². The van der Waals surface area contributed by atoms with Crippen LogP contribution in [0.4, 0.5) is 5.69 Å². The predicted octanol–water partition coefficient (Wildman–Crippen LogP) is 9.54. The zero-order chi connectivity index (χ0) is 27.1. The van der Waals surface area contributed by atoms with Crippen molar-refractivity contribution in [3.63, 3.8) is 0 Å². The van der Waals surface area contributed by atoms with E-state index < -0.39 is 0 Å². The summed E-state index contributed by atoms with van der Waals surface area (Å²) in [5.74, 6) is 0.0933. The standard InChI is InChI=1S/C36H30N2S/c1-5-26-27(6-2)32(8-4)37(31(26)7-3)25-16-13-15-24(23-25)28-19-14-22-35(36(28)39)38-33-20-11-9-17-29(33)30-18-10-12-21-34(30)38/h5-23,26,31,39H,1-4H2. The van der Waals surface area contributed by atoms with Gasteiger partial charge < -0.3 is 9.47 Å². The van der Waals surface area contributed by atoms with Crippen LogP contribution >= 0.6 is 12.6 Å². The van der Waals surface area contributed by atoms with E-state index in [4.69, 9.17) is 12.6 Å². The summed E-state index contributed by atoms with van der Waals surface area (Å²) in [6.07, 6.45) is 7.75. The lowest BCUT2D eigenvalue weighted by atomic mass is 9.94. The molecular formula is C36H30N2S. The predicted molar refractivity (Wildman–Crippen MR) is 171 cm³/mol. The first-order valence-corrected chi connectivity index (χ1v) is 13.5. The van der Waals surface area contributed by atoms with Crippen molar-refractivity contribution < 1.29 is 0 Å². The Kier molecular flexibility index (Phi) is 6.38. The lowest BCUT2D eigenvalue weighted by molar-refractivity contribution is 0.695. The molecule has 0 aliphatic carbocycles. The highest BCUT2D eigenvalue weighted by atomic mass is 32.1. The summed E-state index contributed by atoms with van der Waals surface area (Å²) in [4.78, 5) is 3.21. The van der Waals surface area contributed by atoms with Gasteiger partial charge in [-0.1, -0.05) is 92.0 Å². The number of para-hydroxylation sites is 2. The monoisotopic (exact) mass is 522 g/mol. The van der Waals surface area contributed by atoms with Crippen molar-refractivity contribution in [2.45, 2.75) is 10.9 Å². The Labute approximate surface area is 235 Å². The molecule has 0 saturated heterocycles. The Morgan fingerprint density at radius 3 is 1.97 bits per heavy atom. The number of rotatable bonds is 7. The van der Waals surface area contributed by atoms with Gasteiger partial charge in [0.2, 0.25) is 0 Å². The second-order valence-corrected chi connectivity index (χ2v) is 10.1. The van der Waals surface area contributed by atoms with E-state index in [1.807, 2.05) is 24.3 Å². The molecule has 1 aliphatic heterocycles. The fourth-order valence-electron chi connectivity index (χ4n) is 6.05. The molecule has 190 valence electrons. The van der Waals surface area contributed by atoms with Crippen LogP contribution in [0.25, 0.3) is 38.6 Å². The van der Waals surface area contributed by atoms with Crippen molar-refractivity contribution in [2.24, 2.45) is 5.92 Å². The molecule has 6 rings (SSSR count). The van der Waals surface area contributed by atoms with E-state index >= 15 is 0 Å². The van der Waals surface area contributed by atoms with Gasteiger partial charge in [0, 0.05) is 33.0 Å². The number of fused-ring (bicyclic) bond motifs is 3. The van der Waals surface area contributed by atoms with E-state index in [1.165, 1.54) is 21.8 Å². The van der Waals surface area contributed by atoms with Gasteiger partial charge >= 0.3 is 0 Å². The number of allylic oxidation sites excluding steroid dienone is 2. The summed E-state index contributed by atoms with van der Waals surface area (Å²) >= 11 is 5.13. The second kappa shape index (κ2) is 10.0. The summed E-state index contributed by atoms with van der Waals surface area (Å²) in [5.41, 5.74) is 8.75. The second-order valence-electron chi connectivity index (χ2n) is 9.70. The fraction of sp³-hybridized carbons (Fsp3) is 0.0556. The van der Waals surface area contributed by atoms with Gasteiger partial charge in [0.25, 0.3) is 0 Å². The molecule has 0 amide bonds. The quantitative estimate of drug-likeness (QED) is 0.165. The van der Waals surface area contributed by atoms with Gasteiger partial charge in [0.1, 0.15) is 0 Å². The maximum Gasteiger partial charge on any atom is 0.0623 e. The Bertz CT molecular complexity index is 1770. The molecular weight excluding hydrogens is 492 g/mol. The molecule has 0 N–H and O–H groups in total. The van der Waals surface area contributed by atoms with Crippen LogP contribution in [0, 0.1) is 5.92 Å². The Balaban J connectivity index is 1.52. The number of anilines is 1. The van der Waals surface area contributed by atoms with Gasteiger partial charge in [-0.05, 0) is 53.1 Å². The maximum atomic E-state index is 5.13. The van der Waals surface area contributed by atoms with Crippen molar-refractivity contribution in [1.29, 1.82) is 0 Å². The number of hydrogen-bond donors (Lipinski definition) is 1. The number of hydrogen-bond acceptors (Lipinski definition) is 2. The average Bonchev–Trinajstić information content (AvgIpc) is 3.49. The zero-order valence-electron chi connectivity index (χ0n) is 21.8. The minimum atomic E-state index is 0.0261. The molecule has 0 spiro atoms. The van der Waals surface area contributed by atoms with Crippen LogP contribution in [0.1, 0.15) is 0 Å². The van der Waals surface area contributed by atoms with Gasteiger partial charge in [-0.2, -0.15) is 0 Å². The van der Waals surface area contributed by atoms with Crippen LogP contribution in [0.5, 0.6) is 0 Å². The van der Waals surface area contributed by atoms with E-state index in [1.54, 1.807) is 0 Å². The average molecular weight is 523 g/mol. The lowest BCUT2D eigenvalue weighted by Crippen LogP contribution is -2.31. The van der Waals surface area contributed by atoms with Crippen molar-refractivity contribution in [2.75, 3.05) is 4.90 Å². The third kappa shape index (κ3) is 3.81. The van der Waals surface area contributed by atoms with Gasteiger partial charge in [-0.15, -0.1) is 25.8 Å². The molecule has 2 nitrogen and oxygen atoms in total. The van der Waals surface area contributed by atoms with Crippen molar-refractivity contribution in [3.8, 4) is 16.8 Å². The highest BCUT2D eigenvalue weighted by Gasteiger charge is 2.35. The molecule has 0 fully saturated rings. The summed E-state index contributed by atoms with van der Waals surface area (Å²) in [7, 11) is 0. The van der Waals surface area contributed by atoms with E-state index in [0.29, 0.717) is 0 Å². The Morgan fingerprint density at radius 2 is 1.36 bits per heavy atom. The van der Waals surface area contributed by atoms with Crippen LogP contribution in [0.2, 0.25) is 0 Å². The molecule has 2 heterocycles. The van der Waals surface area contributed by atoms with E-state index in [0.717, 1.165) is 38.7 Å². The molecule has 5 aromatic rings. The normalized spacial score (nSPS) is 17.1. The molecule has 2 unspecified atom stereocenters. The molecule has 0 saturated carbocycles. The minimum Gasteiger partial charge on any atom is -0.333 e. The van der Waals surface area contributed by atoms with E-state index in [-0.39, 0.29) is 12.0 Å². The van der Waals surface area contributed by atoms with Crippen molar-refractivity contribution in [1.82, 2.24) is 4.57 Å². The molecule has 39 heavy (non-hydrogen) atoms. The Morgan fingerprint density at radius 1 is 0.692 bits per heavy atom. The molecule has 2 atom stereocenters. The lowest BCUT2D eigenvalue weighted by Gasteiger charge is -2.29. The Hall–Kier alpha value is -4.47. The molecule has 0 radical (unpaired) electrons. The minimum absolute atomic E-state index is 0.0261. The van der Waals surface area contributed by atoms with Crippen LogP contribution in [0.3, 0.4) is 0 Å². The van der Waals surface area contributed by atoms with Gasteiger partial charge in [-0.3, -0.25) is 0 Å². The molecule has 4 aromatic carbocycles. The summed E-state index contributed by atoms with van der Waals surface area (Å²) in [6, 6.07) is 32.1. The third-order valence-corrected chi connectivity index (χ3v) is 8.23. The largest absolute Gasteiger partial charge is 0.333 e. The summed E-state index contributed by atoms with van der Waals surface area (Å²) < 4.78 is 2.32. The van der Waals surface area contributed by atoms with Crippen LogP contribution < -0.4 is 4.90 Å². The maximum absolute atomic E-state index is 5.13. The van der Waals surface area contributed by atoms with E-state index in [2.05, 4.69) is 127 Å². The fourth-order valence-corrected chi connectivity index (χ4v) is 6.43. The highest BCUT2D eigenvalue weighted by Crippen LogP contribution is 2.42. The first-order chi connectivity index (χ1) is 19.1. The first-order valence-electron chi connectivity index (χ1n) is 13.1. The third-order valence-electron chi connectivity index (χ3n) is 7.76. The number of benzene rings is 4. The summed E-state index contributed by atoms with van der Waals surface area (Å²) in [6.45, 7) is 16.4. The number of nitrogens with zero attached hydrogens (tertiary/aromatic N) is 2. The topological polar surface area (TPSA) is 8.17 Å². The highest BCUT2D eigenvalue weighted by molar-refractivity contribution is 7.80. The van der Waals surface area contributed by atoms with Crippen LogP contribution in [-0.4, -0.2) is 10.6 Å². The zero-order valence-corrected chi connectivity index (χ0v) is 22.7. The molecule has 1 aromatic heterocycles. The van der Waals surface area contributed by atoms with Crippen molar-refractivity contribution in [3.05, 3.63) is 153 Å². The number of thiol groups is 1. The SMILES string of the molecule is C=CC1=C(C=C)N(c2cccc(-c3cccc(-n4c5ccccc5c5ccccc54)c3S)c2)C(C=C)C1C=C.